The van der Waals surface area contributed by atoms with E-state index in [1.807, 2.05) is 0 Å². The molecule has 0 saturated carbocycles. The first-order valence-electron chi connectivity index (χ1n) is 3.38. The van der Waals surface area contributed by atoms with Gasteiger partial charge in [0.15, 0.2) is 0 Å². The molecule has 1 heterocycles. The van der Waals surface area contributed by atoms with E-state index in [0.29, 0.717) is 17.2 Å². The van der Waals surface area contributed by atoms with Crippen molar-refractivity contribution >= 4 is 18.6 Å². The van der Waals surface area contributed by atoms with E-state index in [1.165, 1.54) is 32.4 Å². The summed E-state index contributed by atoms with van der Waals surface area (Å²) in [4.78, 5) is 0. The molecular formula is C6H12I2N-. The first-order chi connectivity index (χ1) is 4.43. The predicted molar refractivity (Wildman–Crippen MR) is 44.5 cm³/mol. The van der Waals surface area contributed by atoms with E-state index in [1.54, 1.807) is 0 Å². The summed E-state index contributed by atoms with van der Waals surface area (Å²) in [6.45, 7) is 2.56. The summed E-state index contributed by atoms with van der Waals surface area (Å²) in [5.74, 6) is 0. The number of nitrogens with one attached hydrogen (secondary N) is 1. The molecule has 0 amide bonds. The molecule has 1 N–H and O–H groups in total. The number of alkyl halides is 1. The topological polar surface area (TPSA) is 12.0 Å². The number of halogens is 2. The maximum atomic E-state index is 3.47. The van der Waals surface area contributed by atoms with Gasteiger partial charge in [-0.3, -0.25) is 0 Å². The second-order valence-electron chi connectivity index (χ2n) is 2.38. The van der Waals surface area contributed by atoms with Gasteiger partial charge < -0.3 is 0 Å². The Hall–Kier alpha value is 1.42. The molecule has 3 heteroatoms. The van der Waals surface area contributed by atoms with Crippen molar-refractivity contribution in [2.24, 2.45) is 0 Å². The van der Waals surface area contributed by atoms with Crippen molar-refractivity contribution in [2.45, 2.75) is 23.2 Å². The third-order valence-corrected chi connectivity index (χ3v) is 7.80. The quantitative estimate of drug-likeness (QED) is 0.451. The van der Waals surface area contributed by atoms with Crippen molar-refractivity contribution in [3.05, 3.63) is 0 Å². The van der Waals surface area contributed by atoms with Crippen molar-refractivity contribution < 1.29 is 17.2 Å². The number of rotatable bonds is 1. The number of hydrogen-bond donors (Lipinski definition) is 1. The maximum absolute atomic E-state index is 3.47. The van der Waals surface area contributed by atoms with Gasteiger partial charge in [-0.2, -0.15) is 0 Å². The molecule has 0 aromatic rings. The third-order valence-electron chi connectivity index (χ3n) is 1.60. The normalized spacial score (nSPS) is 30.1. The summed E-state index contributed by atoms with van der Waals surface area (Å²) in [6.07, 6.45) is 4.35. The van der Waals surface area contributed by atoms with Gasteiger partial charge in [0.1, 0.15) is 0 Å². The Balaban J connectivity index is 2.18. The van der Waals surface area contributed by atoms with Crippen LogP contribution < -0.4 is 22.5 Å². The fourth-order valence-electron chi connectivity index (χ4n) is 1.05. The van der Waals surface area contributed by atoms with Crippen LogP contribution in [0, 0.1) is 0 Å². The van der Waals surface area contributed by atoms with Gasteiger partial charge in [-0.15, -0.1) is 0 Å². The zero-order chi connectivity index (χ0) is 6.53. The Kier molecular flexibility index (Phi) is 4.85. The van der Waals surface area contributed by atoms with Gasteiger partial charge in [-0.05, 0) is 0 Å². The summed E-state index contributed by atoms with van der Waals surface area (Å²) >= 11 is 3.07. The van der Waals surface area contributed by atoms with Gasteiger partial charge in [-0.1, -0.05) is 0 Å². The van der Waals surface area contributed by atoms with Crippen LogP contribution in [-0.2, 0) is 0 Å². The molecule has 1 nitrogen and oxygen atoms in total. The summed E-state index contributed by atoms with van der Waals surface area (Å²) < 4.78 is 1.06. The van der Waals surface area contributed by atoms with Gasteiger partial charge in [-0.25, -0.2) is 0 Å². The minimum atomic E-state index is 0.476. The summed E-state index contributed by atoms with van der Waals surface area (Å²) in [5.41, 5.74) is 0. The molecule has 0 radical (unpaired) electrons. The second kappa shape index (κ2) is 5.12. The second-order valence-corrected chi connectivity index (χ2v) is 7.77. The molecule has 0 aromatic heterocycles. The van der Waals surface area contributed by atoms with E-state index in [0.717, 1.165) is 3.92 Å². The first kappa shape index (κ1) is 8.52. The standard InChI is InChI=1S/C6H12I2N/c7-8-6-3-1-2-4-9-5-6/h6,9H,1-5H2/q-1/t6-/m1/s1. The predicted octanol–water partition coefficient (Wildman–Crippen LogP) is -1.43. The van der Waals surface area contributed by atoms with Crippen LogP contribution >= 0.6 is 18.6 Å². The molecule has 1 fully saturated rings. The molecule has 0 aromatic carbocycles. The molecule has 1 atom stereocenters. The van der Waals surface area contributed by atoms with Gasteiger partial charge in [0, 0.05) is 0 Å². The van der Waals surface area contributed by atoms with Crippen LogP contribution in [0.1, 0.15) is 19.3 Å². The SMILES string of the molecule is I[I-][C@@H]1CCCCNC1. The molecule has 0 bridgehead atoms. The van der Waals surface area contributed by atoms with E-state index in [4.69, 9.17) is 0 Å². The summed E-state index contributed by atoms with van der Waals surface area (Å²) in [6, 6.07) is 0. The number of hydrogen-bond acceptors (Lipinski definition) is 1. The van der Waals surface area contributed by atoms with Crippen LogP contribution in [-0.4, -0.2) is 17.0 Å². The molecule has 0 aliphatic carbocycles. The van der Waals surface area contributed by atoms with Crippen LogP contribution in [0.3, 0.4) is 0 Å². The zero-order valence-corrected chi connectivity index (χ0v) is 9.68. The van der Waals surface area contributed by atoms with E-state index in [9.17, 15) is 0 Å². The van der Waals surface area contributed by atoms with E-state index in [-0.39, 0.29) is 0 Å². The molecule has 1 aliphatic heterocycles. The van der Waals surface area contributed by atoms with Crippen LogP contribution in [0.15, 0.2) is 0 Å². The van der Waals surface area contributed by atoms with Crippen LogP contribution in [0.2, 0.25) is 0 Å². The molecule has 1 aliphatic rings. The average molecular weight is 352 g/mol. The van der Waals surface area contributed by atoms with Crippen molar-refractivity contribution in [1.29, 1.82) is 0 Å². The zero-order valence-electron chi connectivity index (χ0n) is 5.37. The molecule has 1 rings (SSSR count). The molecule has 0 unspecified atom stereocenters. The van der Waals surface area contributed by atoms with E-state index < -0.39 is 0 Å². The molecule has 56 valence electrons. The van der Waals surface area contributed by atoms with Gasteiger partial charge in [0.2, 0.25) is 0 Å². The fourth-order valence-corrected chi connectivity index (χ4v) is 4.90. The minimum absolute atomic E-state index is 0.476. The Morgan fingerprint density at radius 3 is 3.11 bits per heavy atom. The monoisotopic (exact) mass is 352 g/mol. The van der Waals surface area contributed by atoms with E-state index in [2.05, 4.69) is 23.9 Å². The molecule has 9 heavy (non-hydrogen) atoms. The molecule has 0 spiro atoms. The molecular weight excluding hydrogens is 340 g/mol. The van der Waals surface area contributed by atoms with Crippen molar-refractivity contribution in [2.75, 3.05) is 13.1 Å². The van der Waals surface area contributed by atoms with Gasteiger partial charge in [0.05, 0.1) is 0 Å². The van der Waals surface area contributed by atoms with Crippen LogP contribution in [0.25, 0.3) is 0 Å². The van der Waals surface area contributed by atoms with E-state index >= 15 is 0 Å². The van der Waals surface area contributed by atoms with Crippen LogP contribution in [0.4, 0.5) is 0 Å². The Labute approximate surface area is 76.8 Å². The van der Waals surface area contributed by atoms with Crippen molar-refractivity contribution in [3.8, 4) is 0 Å². The van der Waals surface area contributed by atoms with Crippen molar-refractivity contribution in [3.63, 3.8) is 0 Å². The van der Waals surface area contributed by atoms with Crippen LogP contribution in [0.5, 0.6) is 0 Å². The average Bonchev–Trinajstić information content (AvgIpc) is 2.13. The van der Waals surface area contributed by atoms with Crippen molar-refractivity contribution in [1.82, 2.24) is 5.32 Å². The fraction of sp³-hybridized carbons (Fsp3) is 1.00. The Bertz CT molecular complexity index is 69.5. The summed E-state index contributed by atoms with van der Waals surface area (Å²) in [7, 11) is 0. The first-order valence-corrected chi connectivity index (χ1v) is 10.9. The molecule has 1 saturated heterocycles. The Morgan fingerprint density at radius 1 is 1.44 bits per heavy atom. The van der Waals surface area contributed by atoms with Gasteiger partial charge in [0.25, 0.3) is 0 Å². The third kappa shape index (κ3) is 3.36. The van der Waals surface area contributed by atoms with Gasteiger partial charge >= 0.3 is 77.4 Å². The summed E-state index contributed by atoms with van der Waals surface area (Å²) in [5, 5.41) is 3.47. The Morgan fingerprint density at radius 2 is 2.33 bits per heavy atom.